The molecule has 1 unspecified atom stereocenters. The normalized spacial score (nSPS) is 12.6. The number of hydrogen-bond acceptors (Lipinski definition) is 2. The summed E-state index contributed by atoms with van der Waals surface area (Å²) in [7, 11) is 1.70. The molecule has 2 nitrogen and oxygen atoms in total. The fourth-order valence-electron chi connectivity index (χ4n) is 1.90. The number of rotatable bonds is 10. The van der Waals surface area contributed by atoms with Crippen LogP contribution in [0, 0.1) is 5.92 Å². The third kappa shape index (κ3) is 7.14. The molecule has 0 heterocycles. The van der Waals surface area contributed by atoms with Gasteiger partial charge in [-0.3, -0.25) is 0 Å². The van der Waals surface area contributed by atoms with Crippen molar-refractivity contribution in [3.63, 3.8) is 0 Å². The molecule has 0 saturated heterocycles. The van der Waals surface area contributed by atoms with E-state index in [0.29, 0.717) is 19.1 Å². The van der Waals surface area contributed by atoms with Gasteiger partial charge in [0.15, 0.2) is 0 Å². The van der Waals surface area contributed by atoms with Crippen LogP contribution in [0.2, 0.25) is 0 Å². The van der Waals surface area contributed by atoms with Crippen LogP contribution in [-0.2, 0) is 15.9 Å². The van der Waals surface area contributed by atoms with Crippen molar-refractivity contribution in [2.75, 3.05) is 32.3 Å². The van der Waals surface area contributed by atoms with E-state index in [1.165, 1.54) is 12.0 Å². The summed E-state index contributed by atoms with van der Waals surface area (Å²) in [5, 5.41) is 1.06. The summed E-state index contributed by atoms with van der Waals surface area (Å²) < 4.78 is 10.4. The molecule has 1 aromatic carbocycles. The molecule has 0 saturated carbocycles. The highest BCUT2D eigenvalue weighted by Crippen LogP contribution is 2.16. The van der Waals surface area contributed by atoms with E-state index in [0.717, 1.165) is 24.8 Å². The first-order valence-corrected chi connectivity index (χ1v) is 7.65. The maximum Gasteiger partial charge on any atom is 0.0700 e. The zero-order valence-electron chi connectivity index (χ0n) is 11.1. The minimum atomic E-state index is 0.686. The summed E-state index contributed by atoms with van der Waals surface area (Å²) in [6.07, 6.45) is 3.46. The molecule has 0 amide bonds. The largest absolute Gasteiger partial charge is 0.382 e. The zero-order chi connectivity index (χ0) is 13.1. The highest BCUT2D eigenvalue weighted by molar-refractivity contribution is 9.09. The van der Waals surface area contributed by atoms with E-state index in [1.54, 1.807) is 7.11 Å². The molecule has 3 heteroatoms. The van der Waals surface area contributed by atoms with Crippen molar-refractivity contribution in [3.05, 3.63) is 35.9 Å². The molecule has 0 aliphatic carbocycles. The second kappa shape index (κ2) is 10.5. The summed E-state index contributed by atoms with van der Waals surface area (Å²) in [6, 6.07) is 10.7. The Balaban J connectivity index is 2.14. The van der Waals surface area contributed by atoms with Crippen molar-refractivity contribution < 1.29 is 9.47 Å². The van der Waals surface area contributed by atoms with Gasteiger partial charge in [-0.2, -0.15) is 0 Å². The minimum Gasteiger partial charge on any atom is -0.382 e. The lowest BCUT2D eigenvalue weighted by atomic mass is 9.97. The van der Waals surface area contributed by atoms with Gasteiger partial charge in [-0.15, -0.1) is 0 Å². The molecular formula is C15H23BrO2. The van der Waals surface area contributed by atoms with Gasteiger partial charge in [-0.1, -0.05) is 46.3 Å². The summed E-state index contributed by atoms with van der Waals surface area (Å²) in [4.78, 5) is 0. The number of hydrogen-bond donors (Lipinski definition) is 0. The van der Waals surface area contributed by atoms with Crippen LogP contribution in [0.1, 0.15) is 18.4 Å². The summed E-state index contributed by atoms with van der Waals surface area (Å²) in [6.45, 7) is 2.22. The van der Waals surface area contributed by atoms with Gasteiger partial charge in [0.05, 0.1) is 13.2 Å². The number of methoxy groups -OCH3 is 1. The van der Waals surface area contributed by atoms with Gasteiger partial charge in [0, 0.05) is 19.0 Å². The Morgan fingerprint density at radius 2 is 1.89 bits per heavy atom. The molecule has 18 heavy (non-hydrogen) atoms. The summed E-state index contributed by atoms with van der Waals surface area (Å²) in [5.41, 5.74) is 1.42. The van der Waals surface area contributed by atoms with Crippen molar-refractivity contribution in [2.24, 2.45) is 5.92 Å². The maximum atomic E-state index is 5.48. The number of benzene rings is 1. The first-order chi connectivity index (χ1) is 8.86. The highest BCUT2D eigenvalue weighted by Gasteiger charge is 2.07. The first-order valence-electron chi connectivity index (χ1n) is 6.53. The molecule has 0 fully saturated rings. The lowest BCUT2D eigenvalue weighted by Crippen LogP contribution is -2.09. The summed E-state index contributed by atoms with van der Waals surface area (Å²) in [5.74, 6) is 0.693. The van der Waals surface area contributed by atoms with Gasteiger partial charge in [0.2, 0.25) is 0 Å². The van der Waals surface area contributed by atoms with Crippen LogP contribution in [0.3, 0.4) is 0 Å². The van der Waals surface area contributed by atoms with Gasteiger partial charge in [0.25, 0.3) is 0 Å². The van der Waals surface area contributed by atoms with Gasteiger partial charge in [-0.05, 0) is 30.7 Å². The predicted molar refractivity (Wildman–Crippen MR) is 79.4 cm³/mol. The Hall–Kier alpha value is -0.380. The zero-order valence-corrected chi connectivity index (χ0v) is 12.7. The molecule has 0 bridgehead atoms. The van der Waals surface area contributed by atoms with E-state index in [1.807, 2.05) is 0 Å². The lowest BCUT2D eigenvalue weighted by molar-refractivity contribution is 0.0675. The molecule has 1 atom stereocenters. The fourth-order valence-corrected chi connectivity index (χ4v) is 2.45. The molecule has 0 N–H and O–H groups in total. The third-order valence-corrected chi connectivity index (χ3v) is 3.83. The molecule has 102 valence electrons. The molecule has 0 spiro atoms. The minimum absolute atomic E-state index is 0.686. The molecule has 0 radical (unpaired) electrons. The number of alkyl halides is 1. The second-order valence-corrected chi connectivity index (χ2v) is 5.10. The Kier molecular flexibility index (Phi) is 9.17. The van der Waals surface area contributed by atoms with Crippen molar-refractivity contribution in [1.82, 2.24) is 0 Å². The van der Waals surface area contributed by atoms with Crippen LogP contribution in [-0.4, -0.2) is 32.3 Å². The monoisotopic (exact) mass is 314 g/mol. The van der Waals surface area contributed by atoms with Crippen molar-refractivity contribution >= 4 is 15.9 Å². The van der Waals surface area contributed by atoms with Crippen molar-refractivity contribution in [2.45, 2.75) is 19.3 Å². The average Bonchev–Trinajstić information content (AvgIpc) is 2.42. The molecular weight excluding hydrogens is 292 g/mol. The van der Waals surface area contributed by atoms with Crippen molar-refractivity contribution in [1.29, 1.82) is 0 Å². The molecule has 0 aromatic heterocycles. The third-order valence-electron chi connectivity index (χ3n) is 2.92. The Morgan fingerprint density at radius 1 is 1.11 bits per heavy atom. The van der Waals surface area contributed by atoms with Crippen LogP contribution in [0.15, 0.2) is 30.3 Å². The van der Waals surface area contributed by atoms with Crippen LogP contribution >= 0.6 is 15.9 Å². The predicted octanol–water partition coefficient (Wildman–Crippen LogP) is 3.68. The Morgan fingerprint density at radius 3 is 2.56 bits per heavy atom. The Labute approximate surface area is 119 Å². The van der Waals surface area contributed by atoms with Gasteiger partial charge in [-0.25, -0.2) is 0 Å². The highest BCUT2D eigenvalue weighted by atomic mass is 79.9. The van der Waals surface area contributed by atoms with Crippen LogP contribution in [0.25, 0.3) is 0 Å². The van der Waals surface area contributed by atoms with Crippen LogP contribution < -0.4 is 0 Å². The number of ether oxygens (including phenoxy) is 2. The average molecular weight is 315 g/mol. The molecule has 0 aliphatic heterocycles. The Bertz CT molecular complexity index is 290. The van der Waals surface area contributed by atoms with E-state index in [9.17, 15) is 0 Å². The van der Waals surface area contributed by atoms with E-state index in [-0.39, 0.29) is 0 Å². The lowest BCUT2D eigenvalue weighted by Gasteiger charge is -2.14. The number of halogens is 1. The molecule has 1 rings (SSSR count). The second-order valence-electron chi connectivity index (χ2n) is 4.46. The fraction of sp³-hybridized carbons (Fsp3) is 0.600. The van der Waals surface area contributed by atoms with E-state index < -0.39 is 0 Å². The maximum absolute atomic E-state index is 5.48. The summed E-state index contributed by atoms with van der Waals surface area (Å²) >= 11 is 3.61. The van der Waals surface area contributed by atoms with Gasteiger partial charge >= 0.3 is 0 Å². The first kappa shape index (κ1) is 15.7. The van der Waals surface area contributed by atoms with Crippen LogP contribution in [0.4, 0.5) is 0 Å². The molecule has 1 aromatic rings. The van der Waals surface area contributed by atoms with Crippen LogP contribution in [0.5, 0.6) is 0 Å². The van der Waals surface area contributed by atoms with E-state index in [4.69, 9.17) is 9.47 Å². The quantitative estimate of drug-likeness (QED) is 0.484. The van der Waals surface area contributed by atoms with E-state index >= 15 is 0 Å². The smallest absolute Gasteiger partial charge is 0.0700 e. The van der Waals surface area contributed by atoms with E-state index in [2.05, 4.69) is 46.3 Å². The van der Waals surface area contributed by atoms with Gasteiger partial charge < -0.3 is 9.47 Å². The SMILES string of the molecule is COCCOCCCC(CBr)Cc1ccccc1. The standard InChI is InChI=1S/C15H23BrO2/c1-17-10-11-18-9-5-8-15(13-16)12-14-6-3-2-4-7-14/h2-4,6-7,15H,5,8-13H2,1H3. The topological polar surface area (TPSA) is 18.5 Å². The van der Waals surface area contributed by atoms with Crippen molar-refractivity contribution in [3.8, 4) is 0 Å². The molecule has 0 aliphatic rings. The van der Waals surface area contributed by atoms with Gasteiger partial charge in [0.1, 0.15) is 0 Å².